The van der Waals surface area contributed by atoms with Crippen LogP contribution in [0.25, 0.3) is 11.3 Å². The highest BCUT2D eigenvalue weighted by Gasteiger charge is 2.36. The number of hydrogen-bond donors (Lipinski definition) is 1. The molecule has 0 saturated carbocycles. The van der Waals surface area contributed by atoms with Crippen LogP contribution in [0.3, 0.4) is 0 Å². The number of aliphatic hydroxyl groups excluding tert-OH is 1. The Morgan fingerprint density at radius 3 is 2.85 bits per heavy atom. The lowest BCUT2D eigenvalue weighted by Crippen LogP contribution is -2.47. The summed E-state index contributed by atoms with van der Waals surface area (Å²) in [6, 6.07) is 12.3. The van der Waals surface area contributed by atoms with Crippen LogP contribution in [0.4, 0.5) is 0 Å². The number of rotatable bonds is 5. The molecule has 0 amide bonds. The van der Waals surface area contributed by atoms with Gasteiger partial charge in [0.15, 0.2) is 5.76 Å². The maximum absolute atomic E-state index is 10.2. The van der Waals surface area contributed by atoms with Gasteiger partial charge >= 0.3 is 0 Å². The molecule has 1 fully saturated rings. The first-order valence-electron chi connectivity index (χ1n) is 9.02. The van der Waals surface area contributed by atoms with Crippen molar-refractivity contribution < 1.29 is 9.63 Å². The Bertz CT molecular complexity index is 858. The van der Waals surface area contributed by atoms with Gasteiger partial charge in [0.2, 0.25) is 0 Å². The van der Waals surface area contributed by atoms with Crippen molar-refractivity contribution in [1.82, 2.24) is 19.8 Å². The van der Waals surface area contributed by atoms with Gasteiger partial charge in [-0.15, -0.1) is 0 Å². The third-order valence-electron chi connectivity index (χ3n) is 5.28. The molecule has 2 aromatic heterocycles. The van der Waals surface area contributed by atoms with E-state index in [2.05, 4.69) is 27.3 Å². The molecule has 136 valence electrons. The highest BCUT2D eigenvalue weighted by molar-refractivity contribution is 5.56. The van der Waals surface area contributed by atoms with Crippen molar-refractivity contribution in [3.05, 3.63) is 60.1 Å². The van der Waals surface area contributed by atoms with Crippen molar-refractivity contribution in [2.45, 2.75) is 24.8 Å². The van der Waals surface area contributed by atoms with E-state index in [0.29, 0.717) is 6.54 Å². The van der Waals surface area contributed by atoms with Crippen LogP contribution < -0.4 is 0 Å². The molecule has 1 N–H and O–H groups in total. The van der Waals surface area contributed by atoms with E-state index in [1.165, 1.54) is 5.56 Å². The molecule has 1 aliphatic rings. The molecule has 0 spiro atoms. The maximum atomic E-state index is 10.2. The molecule has 1 atom stereocenters. The average Bonchev–Trinajstić information content (AvgIpc) is 3.31. The molecule has 1 aromatic carbocycles. The molecule has 0 radical (unpaired) electrons. The lowest BCUT2D eigenvalue weighted by Gasteiger charge is -2.42. The zero-order valence-corrected chi connectivity index (χ0v) is 15.0. The highest BCUT2D eigenvalue weighted by Crippen LogP contribution is 2.34. The number of piperidine rings is 1. The van der Waals surface area contributed by atoms with Gasteiger partial charge in [-0.1, -0.05) is 35.5 Å². The van der Waals surface area contributed by atoms with Crippen molar-refractivity contribution in [2.24, 2.45) is 7.05 Å². The minimum Gasteiger partial charge on any atom is -0.395 e. The molecule has 0 aliphatic carbocycles. The minimum absolute atomic E-state index is 0.158. The zero-order chi connectivity index (χ0) is 18.0. The number of aryl methyl sites for hydroxylation is 1. The van der Waals surface area contributed by atoms with Crippen molar-refractivity contribution in [3.63, 3.8) is 0 Å². The third kappa shape index (κ3) is 3.30. The van der Waals surface area contributed by atoms with Crippen LogP contribution in [0.1, 0.15) is 24.2 Å². The second-order valence-electron chi connectivity index (χ2n) is 7.20. The first-order chi connectivity index (χ1) is 12.7. The van der Waals surface area contributed by atoms with Crippen LogP contribution in [-0.4, -0.2) is 44.6 Å². The summed E-state index contributed by atoms with van der Waals surface area (Å²) in [6.07, 6.45) is 5.77. The van der Waals surface area contributed by atoms with Crippen LogP contribution >= 0.6 is 0 Å². The number of likely N-dealkylation sites (tertiary alicyclic amines) is 1. The smallest absolute Gasteiger partial charge is 0.151 e. The van der Waals surface area contributed by atoms with Gasteiger partial charge in [0.1, 0.15) is 5.69 Å². The van der Waals surface area contributed by atoms with E-state index in [-0.39, 0.29) is 12.0 Å². The van der Waals surface area contributed by atoms with Gasteiger partial charge in [-0.3, -0.25) is 9.58 Å². The number of aliphatic hydroxyl groups is 1. The topological polar surface area (TPSA) is 67.3 Å². The summed E-state index contributed by atoms with van der Waals surface area (Å²) >= 11 is 0. The lowest BCUT2D eigenvalue weighted by molar-refractivity contribution is 0.0794. The fraction of sp³-hybridized carbons (Fsp3) is 0.400. The van der Waals surface area contributed by atoms with Crippen LogP contribution in [-0.2, 0) is 19.0 Å². The molecular formula is C20H24N4O2. The van der Waals surface area contributed by atoms with Gasteiger partial charge in [0.25, 0.3) is 0 Å². The lowest BCUT2D eigenvalue weighted by atomic mass is 9.75. The number of aromatic nitrogens is 3. The van der Waals surface area contributed by atoms with E-state index in [0.717, 1.165) is 42.9 Å². The molecule has 6 nitrogen and oxygen atoms in total. The fourth-order valence-corrected chi connectivity index (χ4v) is 3.91. The molecule has 4 rings (SSSR count). The van der Waals surface area contributed by atoms with Crippen molar-refractivity contribution in [1.29, 1.82) is 0 Å². The summed E-state index contributed by atoms with van der Waals surface area (Å²) in [5, 5.41) is 18.5. The zero-order valence-electron chi connectivity index (χ0n) is 15.0. The van der Waals surface area contributed by atoms with E-state index in [9.17, 15) is 5.11 Å². The summed E-state index contributed by atoms with van der Waals surface area (Å²) in [4.78, 5) is 2.35. The Balaban J connectivity index is 1.49. The molecule has 3 heterocycles. The SMILES string of the molecule is Cn1cc(-c2cc(CN3CCCC(CO)(c4ccccc4)C3)on2)cn1. The Hall–Kier alpha value is -2.44. The predicted octanol–water partition coefficient (Wildman–Crippen LogP) is 2.60. The molecule has 0 bridgehead atoms. The van der Waals surface area contributed by atoms with Crippen LogP contribution in [0.5, 0.6) is 0 Å². The monoisotopic (exact) mass is 352 g/mol. The van der Waals surface area contributed by atoms with Gasteiger partial charge in [-0.25, -0.2) is 0 Å². The standard InChI is InChI=1S/C20H24N4O2/c1-23-12-16(11-21-23)19-10-18(26-22-19)13-24-9-5-8-20(14-24,15-25)17-6-3-2-4-7-17/h2-4,6-7,10-12,25H,5,8-9,13-15H2,1H3. The van der Waals surface area contributed by atoms with Crippen molar-refractivity contribution >= 4 is 0 Å². The number of nitrogens with zero attached hydrogens (tertiary/aromatic N) is 4. The molecule has 6 heteroatoms. The Labute approximate surface area is 153 Å². The maximum Gasteiger partial charge on any atom is 0.151 e. The van der Waals surface area contributed by atoms with Gasteiger partial charge in [0.05, 0.1) is 19.3 Å². The fourth-order valence-electron chi connectivity index (χ4n) is 3.91. The van der Waals surface area contributed by atoms with Crippen LogP contribution in [0.2, 0.25) is 0 Å². The van der Waals surface area contributed by atoms with Crippen LogP contribution in [0, 0.1) is 0 Å². The number of benzene rings is 1. The quantitative estimate of drug-likeness (QED) is 0.764. The normalized spacial score (nSPS) is 21.2. The molecule has 1 saturated heterocycles. The summed E-state index contributed by atoms with van der Waals surface area (Å²) in [7, 11) is 1.89. The van der Waals surface area contributed by atoms with Crippen molar-refractivity contribution in [2.75, 3.05) is 19.7 Å². The Kier molecular flexibility index (Phi) is 4.61. The molecule has 1 unspecified atom stereocenters. The van der Waals surface area contributed by atoms with Gasteiger partial charge in [0, 0.05) is 36.8 Å². The number of hydrogen-bond acceptors (Lipinski definition) is 5. The summed E-state index contributed by atoms with van der Waals surface area (Å²) in [5.41, 5.74) is 2.77. The molecule has 1 aliphatic heterocycles. The van der Waals surface area contributed by atoms with E-state index in [1.807, 2.05) is 37.5 Å². The molecule has 26 heavy (non-hydrogen) atoms. The summed E-state index contributed by atoms with van der Waals surface area (Å²) < 4.78 is 7.30. The Morgan fingerprint density at radius 1 is 1.27 bits per heavy atom. The van der Waals surface area contributed by atoms with Gasteiger partial charge < -0.3 is 9.63 Å². The first kappa shape index (κ1) is 17.0. The third-order valence-corrected chi connectivity index (χ3v) is 5.28. The largest absolute Gasteiger partial charge is 0.395 e. The Morgan fingerprint density at radius 2 is 2.12 bits per heavy atom. The molecule has 3 aromatic rings. The summed E-state index contributed by atoms with van der Waals surface area (Å²) in [6.45, 7) is 2.67. The second kappa shape index (κ2) is 7.05. The van der Waals surface area contributed by atoms with E-state index >= 15 is 0 Å². The van der Waals surface area contributed by atoms with Crippen LogP contribution in [0.15, 0.2) is 53.3 Å². The summed E-state index contributed by atoms with van der Waals surface area (Å²) in [5.74, 6) is 0.839. The second-order valence-corrected chi connectivity index (χ2v) is 7.20. The molecular weight excluding hydrogens is 328 g/mol. The minimum atomic E-state index is -0.203. The highest BCUT2D eigenvalue weighted by atomic mass is 16.5. The average molecular weight is 352 g/mol. The van der Waals surface area contributed by atoms with Gasteiger partial charge in [-0.2, -0.15) is 5.10 Å². The van der Waals surface area contributed by atoms with E-state index in [4.69, 9.17) is 4.52 Å². The van der Waals surface area contributed by atoms with Crippen molar-refractivity contribution in [3.8, 4) is 11.3 Å². The first-order valence-corrected chi connectivity index (χ1v) is 9.02. The van der Waals surface area contributed by atoms with E-state index in [1.54, 1.807) is 10.9 Å². The predicted molar refractivity (Wildman–Crippen MR) is 98.4 cm³/mol. The van der Waals surface area contributed by atoms with E-state index < -0.39 is 0 Å². The van der Waals surface area contributed by atoms with Gasteiger partial charge in [-0.05, 0) is 24.9 Å².